The van der Waals surface area contributed by atoms with Gasteiger partial charge in [-0.25, -0.2) is 0 Å². The summed E-state index contributed by atoms with van der Waals surface area (Å²) < 4.78 is 5.19. The highest BCUT2D eigenvalue weighted by Gasteiger charge is 2.17. The first-order valence-electron chi connectivity index (χ1n) is 6.58. The summed E-state index contributed by atoms with van der Waals surface area (Å²) in [5, 5.41) is 5.13. The molecule has 0 aliphatic heterocycles. The van der Waals surface area contributed by atoms with E-state index in [2.05, 4.69) is 5.32 Å². The molecule has 1 N–H and O–H groups in total. The van der Waals surface area contributed by atoms with Crippen molar-refractivity contribution in [3.8, 4) is 5.75 Å². The van der Waals surface area contributed by atoms with Gasteiger partial charge in [0.2, 0.25) is 0 Å². The number of hydrogen-bond donors (Lipinski definition) is 1. The highest BCUT2D eigenvalue weighted by atomic mass is 35.5. The summed E-state index contributed by atoms with van der Waals surface area (Å²) in [6.45, 7) is 2.84. The van der Waals surface area contributed by atoms with Crippen molar-refractivity contribution in [1.82, 2.24) is 5.32 Å². The lowest BCUT2D eigenvalue weighted by Gasteiger charge is -2.21. The van der Waals surface area contributed by atoms with Crippen LogP contribution in [0, 0.1) is 0 Å². The number of ether oxygens (including phenoxy) is 1. The monoisotopic (exact) mass is 343 g/mol. The molecule has 0 saturated heterocycles. The lowest BCUT2D eigenvalue weighted by Crippen LogP contribution is -2.22. The molecule has 0 saturated carbocycles. The van der Waals surface area contributed by atoms with Gasteiger partial charge in [0.25, 0.3) is 0 Å². The maximum atomic E-state index is 6.38. The average Bonchev–Trinajstić information content (AvgIpc) is 2.48. The normalized spacial score (nSPS) is 12.2. The van der Waals surface area contributed by atoms with Crippen LogP contribution in [0.25, 0.3) is 0 Å². The number of hydrogen-bond acceptors (Lipinski definition) is 2. The molecule has 0 amide bonds. The van der Waals surface area contributed by atoms with Gasteiger partial charge in [-0.2, -0.15) is 0 Å². The first kappa shape index (κ1) is 16.4. The minimum Gasteiger partial charge on any atom is -0.497 e. The zero-order valence-corrected chi connectivity index (χ0v) is 14.1. The van der Waals surface area contributed by atoms with E-state index in [1.54, 1.807) is 19.2 Å². The number of rotatable bonds is 5. The van der Waals surface area contributed by atoms with Crippen LogP contribution in [0.15, 0.2) is 36.4 Å². The Hall–Kier alpha value is -0.930. The van der Waals surface area contributed by atoms with Crippen LogP contribution < -0.4 is 10.1 Å². The van der Waals surface area contributed by atoms with Crippen molar-refractivity contribution in [2.75, 3.05) is 13.7 Å². The third-order valence-corrected chi connectivity index (χ3v) is 4.27. The number of benzene rings is 2. The predicted octanol–water partition coefficient (Wildman–Crippen LogP) is 5.35. The number of methoxy groups -OCH3 is 1. The fourth-order valence-electron chi connectivity index (χ4n) is 2.17. The summed E-state index contributed by atoms with van der Waals surface area (Å²) in [5.41, 5.74) is 1.98. The van der Waals surface area contributed by atoms with E-state index >= 15 is 0 Å². The molecule has 0 spiro atoms. The Morgan fingerprint density at radius 3 is 2.33 bits per heavy atom. The Morgan fingerprint density at radius 1 is 1.00 bits per heavy atom. The van der Waals surface area contributed by atoms with E-state index in [1.165, 1.54) is 0 Å². The SMILES string of the molecule is CCNC(c1ccc(Cl)c(Cl)c1)c1ccc(OC)cc1Cl. The molecule has 2 rings (SSSR count). The highest BCUT2D eigenvalue weighted by molar-refractivity contribution is 6.42. The minimum absolute atomic E-state index is 0.0526. The maximum absolute atomic E-state index is 6.38. The first-order chi connectivity index (χ1) is 10.1. The molecule has 2 nitrogen and oxygen atoms in total. The quantitative estimate of drug-likeness (QED) is 0.789. The van der Waals surface area contributed by atoms with Gasteiger partial charge in [-0.3, -0.25) is 0 Å². The van der Waals surface area contributed by atoms with Gasteiger partial charge in [-0.15, -0.1) is 0 Å². The van der Waals surface area contributed by atoms with Crippen LogP contribution in [0.3, 0.4) is 0 Å². The van der Waals surface area contributed by atoms with Gasteiger partial charge >= 0.3 is 0 Å². The van der Waals surface area contributed by atoms with Crippen molar-refractivity contribution in [2.45, 2.75) is 13.0 Å². The fourth-order valence-corrected chi connectivity index (χ4v) is 2.76. The van der Waals surface area contributed by atoms with Gasteiger partial charge in [0.05, 0.1) is 23.2 Å². The number of nitrogens with one attached hydrogen (secondary N) is 1. The van der Waals surface area contributed by atoms with Gasteiger partial charge in [0.15, 0.2) is 0 Å². The van der Waals surface area contributed by atoms with Crippen LogP contribution in [0.2, 0.25) is 15.1 Å². The van der Waals surface area contributed by atoms with Crippen LogP contribution in [0.5, 0.6) is 5.75 Å². The molecule has 0 aliphatic rings. The van der Waals surface area contributed by atoms with Crippen LogP contribution in [-0.2, 0) is 0 Å². The Morgan fingerprint density at radius 2 is 1.76 bits per heavy atom. The van der Waals surface area contributed by atoms with Crippen LogP contribution >= 0.6 is 34.8 Å². The summed E-state index contributed by atoms with van der Waals surface area (Å²) in [4.78, 5) is 0. The van der Waals surface area contributed by atoms with E-state index in [1.807, 2.05) is 31.2 Å². The van der Waals surface area contributed by atoms with Gasteiger partial charge < -0.3 is 10.1 Å². The standard InChI is InChI=1S/C16H16Cl3NO/c1-3-20-16(10-4-7-13(17)15(19)8-10)12-6-5-11(21-2)9-14(12)18/h4-9,16,20H,3H2,1-2H3. The molecule has 112 valence electrons. The van der Waals surface area contributed by atoms with Crippen molar-refractivity contribution in [1.29, 1.82) is 0 Å². The molecule has 0 aliphatic carbocycles. The summed E-state index contributed by atoms with van der Waals surface area (Å²) in [6.07, 6.45) is 0. The topological polar surface area (TPSA) is 21.3 Å². The van der Waals surface area contributed by atoms with E-state index in [4.69, 9.17) is 39.5 Å². The molecule has 1 unspecified atom stereocenters. The molecule has 5 heteroatoms. The molecule has 0 bridgehead atoms. The molecular formula is C16H16Cl3NO. The third kappa shape index (κ3) is 3.83. The van der Waals surface area contributed by atoms with Gasteiger partial charge in [-0.1, -0.05) is 53.9 Å². The molecular weight excluding hydrogens is 329 g/mol. The first-order valence-corrected chi connectivity index (χ1v) is 7.72. The third-order valence-electron chi connectivity index (χ3n) is 3.20. The second kappa shape index (κ2) is 7.37. The smallest absolute Gasteiger partial charge is 0.120 e. The van der Waals surface area contributed by atoms with E-state index in [0.717, 1.165) is 23.4 Å². The maximum Gasteiger partial charge on any atom is 0.120 e. The predicted molar refractivity (Wildman–Crippen MR) is 90.0 cm³/mol. The Labute approximate surface area is 140 Å². The van der Waals surface area contributed by atoms with Gasteiger partial charge in [-0.05, 0) is 41.9 Å². The molecule has 21 heavy (non-hydrogen) atoms. The zero-order chi connectivity index (χ0) is 15.4. The van der Waals surface area contributed by atoms with Crippen LogP contribution in [-0.4, -0.2) is 13.7 Å². The molecule has 2 aromatic carbocycles. The average molecular weight is 345 g/mol. The highest BCUT2D eigenvalue weighted by Crippen LogP contribution is 2.33. The summed E-state index contributed by atoms with van der Waals surface area (Å²) in [5.74, 6) is 0.730. The van der Waals surface area contributed by atoms with Gasteiger partial charge in [0, 0.05) is 5.02 Å². The van der Waals surface area contributed by atoms with Crippen LogP contribution in [0.1, 0.15) is 24.1 Å². The summed E-state index contributed by atoms with van der Waals surface area (Å²) >= 11 is 18.5. The fraction of sp³-hybridized carbons (Fsp3) is 0.250. The molecule has 1 atom stereocenters. The lowest BCUT2D eigenvalue weighted by molar-refractivity contribution is 0.414. The van der Waals surface area contributed by atoms with E-state index in [0.29, 0.717) is 15.1 Å². The lowest BCUT2D eigenvalue weighted by atomic mass is 9.98. The van der Waals surface area contributed by atoms with Crippen molar-refractivity contribution < 1.29 is 4.74 Å². The largest absolute Gasteiger partial charge is 0.497 e. The van der Waals surface area contributed by atoms with Crippen molar-refractivity contribution in [2.24, 2.45) is 0 Å². The second-order valence-electron chi connectivity index (χ2n) is 4.55. The van der Waals surface area contributed by atoms with E-state index in [-0.39, 0.29) is 6.04 Å². The Kier molecular flexibility index (Phi) is 5.77. The molecule has 0 fully saturated rings. The minimum atomic E-state index is -0.0526. The number of halogens is 3. The second-order valence-corrected chi connectivity index (χ2v) is 5.77. The van der Waals surface area contributed by atoms with Crippen molar-refractivity contribution >= 4 is 34.8 Å². The summed E-state index contributed by atoms with van der Waals surface area (Å²) in [6, 6.07) is 11.2. The van der Waals surface area contributed by atoms with Crippen LogP contribution in [0.4, 0.5) is 0 Å². The molecule has 0 aromatic heterocycles. The molecule has 0 heterocycles. The van der Waals surface area contributed by atoms with E-state index in [9.17, 15) is 0 Å². The van der Waals surface area contributed by atoms with Gasteiger partial charge in [0.1, 0.15) is 5.75 Å². The Balaban J connectivity index is 2.45. The molecule has 2 aromatic rings. The Bertz CT molecular complexity index is 631. The summed E-state index contributed by atoms with van der Waals surface area (Å²) in [7, 11) is 1.62. The van der Waals surface area contributed by atoms with Crippen molar-refractivity contribution in [3.63, 3.8) is 0 Å². The molecule has 0 radical (unpaired) electrons. The van der Waals surface area contributed by atoms with Crippen molar-refractivity contribution in [3.05, 3.63) is 62.6 Å². The zero-order valence-electron chi connectivity index (χ0n) is 11.8. The van der Waals surface area contributed by atoms with E-state index < -0.39 is 0 Å².